The van der Waals surface area contributed by atoms with E-state index in [1.165, 1.54) is 22.2 Å². The second kappa shape index (κ2) is 6.56. The molecule has 128 valence electrons. The van der Waals surface area contributed by atoms with Crippen molar-refractivity contribution in [1.82, 2.24) is 9.66 Å². The van der Waals surface area contributed by atoms with Crippen molar-refractivity contribution < 1.29 is 0 Å². The van der Waals surface area contributed by atoms with E-state index < -0.39 is 0 Å². The lowest BCUT2D eigenvalue weighted by Crippen LogP contribution is -2.21. The van der Waals surface area contributed by atoms with E-state index in [-0.39, 0.29) is 5.56 Å². The molecule has 0 unspecified atom stereocenters. The molecule has 0 bridgehead atoms. The Morgan fingerprint density at radius 3 is 2.72 bits per heavy atom. The van der Waals surface area contributed by atoms with Crippen LogP contribution < -0.4 is 5.56 Å². The van der Waals surface area contributed by atoms with Crippen LogP contribution in [0.25, 0.3) is 10.2 Å². The van der Waals surface area contributed by atoms with Crippen molar-refractivity contribution in [2.45, 2.75) is 32.6 Å². The zero-order valence-electron chi connectivity index (χ0n) is 13.6. The molecule has 2 heterocycles. The monoisotopic (exact) mass is 391 g/mol. The largest absolute Gasteiger partial charge is 0.283 e. The summed E-state index contributed by atoms with van der Waals surface area (Å²) in [6.07, 6.45) is 5.79. The van der Waals surface area contributed by atoms with Crippen LogP contribution in [0.15, 0.2) is 28.1 Å². The first kappa shape index (κ1) is 16.8. The summed E-state index contributed by atoms with van der Waals surface area (Å²) in [6, 6.07) is 5.24. The molecule has 0 aliphatic heterocycles. The second-order valence-electron chi connectivity index (χ2n) is 6.05. The van der Waals surface area contributed by atoms with E-state index in [4.69, 9.17) is 23.2 Å². The molecule has 25 heavy (non-hydrogen) atoms. The summed E-state index contributed by atoms with van der Waals surface area (Å²) < 4.78 is 1.34. The molecule has 1 aliphatic rings. The predicted molar refractivity (Wildman–Crippen MR) is 105 cm³/mol. The number of halogens is 2. The Morgan fingerprint density at radius 2 is 1.96 bits per heavy atom. The number of aromatic nitrogens is 2. The summed E-state index contributed by atoms with van der Waals surface area (Å²) in [5.41, 5.74) is 1.62. The van der Waals surface area contributed by atoms with Gasteiger partial charge in [0.05, 0.1) is 21.6 Å². The number of benzene rings is 1. The molecule has 2 aromatic heterocycles. The Kier molecular flexibility index (Phi) is 4.40. The normalized spacial score (nSPS) is 14.4. The smallest absolute Gasteiger partial charge is 0.267 e. The number of aryl methyl sites for hydroxylation is 3. The van der Waals surface area contributed by atoms with Gasteiger partial charge in [0.25, 0.3) is 5.56 Å². The fourth-order valence-corrected chi connectivity index (χ4v) is 4.98. The Balaban J connectivity index is 1.88. The van der Waals surface area contributed by atoms with Crippen LogP contribution in [0, 0.1) is 6.92 Å². The molecule has 0 atom stereocenters. The van der Waals surface area contributed by atoms with Gasteiger partial charge in [0.15, 0.2) is 0 Å². The molecule has 1 aliphatic carbocycles. The average molecular weight is 392 g/mol. The molecular formula is C18H15Cl2N3OS. The van der Waals surface area contributed by atoms with E-state index >= 15 is 0 Å². The predicted octanol–water partition coefficient (Wildman–Crippen LogP) is 4.83. The zero-order valence-corrected chi connectivity index (χ0v) is 15.9. The van der Waals surface area contributed by atoms with Gasteiger partial charge in [-0.05, 0) is 50.3 Å². The molecule has 0 saturated carbocycles. The standard InChI is InChI=1S/C18H15Cl2N3OS/c1-10-22-17-16(11-5-2-3-8-15(11)25-17)18(24)23(10)21-9-12-13(19)6-4-7-14(12)20/h4,6-7,9H,2-3,5,8H2,1H3/b21-9-. The van der Waals surface area contributed by atoms with Gasteiger partial charge < -0.3 is 0 Å². The number of hydrogen-bond donors (Lipinski definition) is 0. The van der Waals surface area contributed by atoms with Crippen LogP contribution in [0.5, 0.6) is 0 Å². The van der Waals surface area contributed by atoms with Gasteiger partial charge >= 0.3 is 0 Å². The highest BCUT2D eigenvalue weighted by molar-refractivity contribution is 7.18. The zero-order chi connectivity index (χ0) is 17.6. The highest BCUT2D eigenvalue weighted by Gasteiger charge is 2.21. The minimum Gasteiger partial charge on any atom is -0.267 e. The summed E-state index contributed by atoms with van der Waals surface area (Å²) >= 11 is 14.0. The van der Waals surface area contributed by atoms with E-state index in [1.54, 1.807) is 36.5 Å². The van der Waals surface area contributed by atoms with Crippen molar-refractivity contribution in [3.05, 3.63) is 60.4 Å². The fraction of sp³-hybridized carbons (Fsp3) is 0.278. The average Bonchev–Trinajstić information content (AvgIpc) is 2.95. The molecule has 0 radical (unpaired) electrons. The first-order chi connectivity index (χ1) is 12.1. The number of hydrogen-bond acceptors (Lipinski definition) is 4. The third kappa shape index (κ3) is 2.90. The molecule has 0 N–H and O–H groups in total. The van der Waals surface area contributed by atoms with Crippen LogP contribution in [0.4, 0.5) is 0 Å². The SMILES string of the molecule is Cc1nc2sc3c(c2c(=O)n1/N=C\c1c(Cl)cccc1Cl)CCCC3. The van der Waals surface area contributed by atoms with Crippen molar-refractivity contribution in [2.24, 2.45) is 5.10 Å². The number of fused-ring (bicyclic) bond motifs is 3. The third-order valence-corrected chi connectivity index (χ3v) is 6.28. The number of rotatable bonds is 2. The molecule has 4 nitrogen and oxygen atoms in total. The molecule has 1 aromatic carbocycles. The van der Waals surface area contributed by atoms with Gasteiger partial charge in [-0.25, -0.2) is 4.98 Å². The van der Waals surface area contributed by atoms with Crippen molar-refractivity contribution in [3.8, 4) is 0 Å². The number of thiophene rings is 1. The van der Waals surface area contributed by atoms with Crippen LogP contribution in [-0.2, 0) is 12.8 Å². The summed E-state index contributed by atoms with van der Waals surface area (Å²) in [7, 11) is 0. The van der Waals surface area contributed by atoms with E-state index in [9.17, 15) is 4.79 Å². The lowest BCUT2D eigenvalue weighted by molar-refractivity contribution is 0.698. The maximum Gasteiger partial charge on any atom is 0.283 e. The van der Waals surface area contributed by atoms with Crippen LogP contribution in [-0.4, -0.2) is 15.9 Å². The highest BCUT2D eigenvalue weighted by Crippen LogP contribution is 2.33. The first-order valence-corrected chi connectivity index (χ1v) is 9.66. The van der Waals surface area contributed by atoms with Crippen molar-refractivity contribution in [1.29, 1.82) is 0 Å². The molecule has 4 rings (SSSR count). The molecule has 0 fully saturated rings. The van der Waals surface area contributed by atoms with Gasteiger partial charge in [0.2, 0.25) is 0 Å². The first-order valence-electron chi connectivity index (χ1n) is 8.08. The van der Waals surface area contributed by atoms with Gasteiger partial charge in [-0.2, -0.15) is 9.78 Å². The van der Waals surface area contributed by atoms with E-state index in [0.29, 0.717) is 26.8 Å². The molecule has 0 spiro atoms. The fourth-order valence-electron chi connectivity index (χ4n) is 3.18. The molecule has 0 amide bonds. The minimum atomic E-state index is -0.124. The van der Waals surface area contributed by atoms with E-state index in [1.807, 2.05) is 0 Å². The lowest BCUT2D eigenvalue weighted by Gasteiger charge is -2.10. The highest BCUT2D eigenvalue weighted by atomic mass is 35.5. The molecular weight excluding hydrogens is 377 g/mol. The second-order valence-corrected chi connectivity index (χ2v) is 7.94. The van der Waals surface area contributed by atoms with E-state index in [2.05, 4.69) is 10.1 Å². The Bertz CT molecular complexity index is 1050. The summed E-state index contributed by atoms with van der Waals surface area (Å²) in [4.78, 5) is 19.7. The van der Waals surface area contributed by atoms with Crippen molar-refractivity contribution in [2.75, 3.05) is 0 Å². The van der Waals surface area contributed by atoms with Gasteiger partial charge in [0.1, 0.15) is 10.7 Å². The van der Waals surface area contributed by atoms with Gasteiger partial charge in [-0.1, -0.05) is 29.3 Å². The van der Waals surface area contributed by atoms with E-state index in [0.717, 1.165) is 29.7 Å². The van der Waals surface area contributed by atoms with Crippen LogP contribution in [0.1, 0.15) is 34.7 Å². The molecule has 7 heteroatoms. The summed E-state index contributed by atoms with van der Waals surface area (Å²) in [5, 5.41) is 6.02. The topological polar surface area (TPSA) is 47.2 Å². The number of nitrogens with zero attached hydrogens (tertiary/aromatic N) is 3. The maximum atomic E-state index is 13.0. The van der Waals surface area contributed by atoms with Crippen LogP contribution in [0.3, 0.4) is 0 Å². The minimum absolute atomic E-state index is 0.124. The van der Waals surface area contributed by atoms with Crippen molar-refractivity contribution >= 4 is 51.0 Å². The van der Waals surface area contributed by atoms with Crippen LogP contribution >= 0.6 is 34.5 Å². The van der Waals surface area contributed by atoms with Gasteiger partial charge in [0, 0.05) is 10.4 Å². The summed E-state index contributed by atoms with van der Waals surface area (Å²) in [6.45, 7) is 1.78. The Labute approximate surface area is 158 Å². The summed E-state index contributed by atoms with van der Waals surface area (Å²) in [5.74, 6) is 0.551. The Morgan fingerprint density at radius 1 is 1.24 bits per heavy atom. The van der Waals surface area contributed by atoms with Crippen LogP contribution in [0.2, 0.25) is 10.0 Å². The third-order valence-electron chi connectivity index (χ3n) is 4.43. The lowest BCUT2D eigenvalue weighted by atomic mass is 9.97. The Hall–Kier alpha value is -1.69. The van der Waals surface area contributed by atoms with Crippen molar-refractivity contribution in [3.63, 3.8) is 0 Å². The molecule has 3 aromatic rings. The van der Waals surface area contributed by atoms with Gasteiger partial charge in [-0.15, -0.1) is 11.3 Å². The quantitative estimate of drug-likeness (QED) is 0.587. The maximum absolute atomic E-state index is 13.0. The molecule has 0 saturated heterocycles. The van der Waals surface area contributed by atoms with Gasteiger partial charge in [-0.3, -0.25) is 4.79 Å².